The molecular formula is C47H49Cl2NO14. The summed E-state index contributed by atoms with van der Waals surface area (Å²) in [6.45, 7) is 7.85. The number of fused-ring (bicyclic) bond motifs is 5. The zero-order valence-corrected chi connectivity index (χ0v) is 37.3. The molecule has 17 heteroatoms. The molecule has 15 nitrogen and oxygen atoms in total. The summed E-state index contributed by atoms with van der Waals surface area (Å²) in [7, 11) is 0. The number of amides is 1. The summed E-state index contributed by atoms with van der Waals surface area (Å²) in [4.78, 5) is 83.7. The third-order valence-corrected chi connectivity index (χ3v) is 14.4. The van der Waals surface area contributed by atoms with Crippen LogP contribution in [0.3, 0.4) is 0 Å². The number of carbonyl (C=O) groups excluding carboxylic acids is 6. The summed E-state index contributed by atoms with van der Waals surface area (Å²) >= 11 is 12.5. The Morgan fingerprint density at radius 2 is 1.48 bits per heavy atom. The third kappa shape index (κ3) is 7.79. The van der Waals surface area contributed by atoms with Gasteiger partial charge in [-0.2, -0.15) is 0 Å². The smallest absolute Gasteiger partial charge is 0.338 e. The van der Waals surface area contributed by atoms with Crippen LogP contribution < -0.4 is 5.32 Å². The van der Waals surface area contributed by atoms with Crippen LogP contribution in [0.1, 0.15) is 86.7 Å². The number of hydrogen-bond donors (Lipinski definition) is 4. The Balaban J connectivity index is 1.39. The predicted molar refractivity (Wildman–Crippen MR) is 228 cm³/mol. The van der Waals surface area contributed by atoms with Crippen LogP contribution in [0.5, 0.6) is 0 Å². The van der Waals surface area contributed by atoms with Gasteiger partial charge in [0.05, 0.1) is 45.7 Å². The van der Waals surface area contributed by atoms with E-state index >= 15 is 4.79 Å². The van der Waals surface area contributed by atoms with Crippen molar-refractivity contribution < 1.29 is 67.8 Å². The van der Waals surface area contributed by atoms with Gasteiger partial charge in [0.15, 0.2) is 23.6 Å². The zero-order chi connectivity index (χ0) is 46.7. The van der Waals surface area contributed by atoms with Crippen molar-refractivity contribution in [2.24, 2.45) is 16.7 Å². The van der Waals surface area contributed by atoms with Crippen LogP contribution >= 0.6 is 23.2 Å². The van der Waals surface area contributed by atoms with Crippen LogP contribution in [0.2, 0.25) is 10.0 Å². The van der Waals surface area contributed by atoms with Crippen LogP contribution in [0.25, 0.3) is 0 Å². The highest BCUT2D eigenvalue weighted by molar-refractivity contribution is 6.42. The maximum Gasteiger partial charge on any atom is 0.338 e. The number of aliphatic hydroxyl groups excluding tert-OH is 2. The first-order chi connectivity index (χ1) is 30.1. The highest BCUT2D eigenvalue weighted by Crippen LogP contribution is 2.64. The molecule has 3 aromatic carbocycles. The van der Waals surface area contributed by atoms with Crippen LogP contribution in [-0.4, -0.2) is 105 Å². The van der Waals surface area contributed by atoms with Gasteiger partial charge in [-0.15, -0.1) is 0 Å². The fraction of sp³-hybridized carbons (Fsp3) is 0.447. The maximum atomic E-state index is 15.5. The molecule has 1 saturated heterocycles. The first kappa shape index (κ1) is 46.8. The molecule has 1 heterocycles. The molecule has 2 saturated carbocycles. The summed E-state index contributed by atoms with van der Waals surface area (Å²) < 4.78 is 30.3. The van der Waals surface area contributed by atoms with Gasteiger partial charge in [-0.05, 0) is 67.0 Å². The minimum Gasteiger partial charge on any atom is -0.456 e. The molecule has 4 aliphatic rings. The fourth-order valence-electron chi connectivity index (χ4n) is 10.2. The molecule has 1 aliphatic heterocycles. The molecule has 3 aliphatic carbocycles. The van der Waals surface area contributed by atoms with Gasteiger partial charge in [-0.3, -0.25) is 19.2 Å². The Bertz CT molecular complexity index is 2410. The predicted octanol–water partition coefficient (Wildman–Crippen LogP) is 5.04. The molecule has 64 heavy (non-hydrogen) atoms. The minimum absolute atomic E-state index is 0.0340. The summed E-state index contributed by atoms with van der Waals surface area (Å²) in [5, 5.41) is 40.5. The zero-order valence-electron chi connectivity index (χ0n) is 35.8. The highest BCUT2D eigenvalue weighted by Gasteiger charge is 2.78. The van der Waals surface area contributed by atoms with E-state index in [-0.39, 0.29) is 50.9 Å². The quantitative estimate of drug-likeness (QED) is 0.119. The maximum absolute atomic E-state index is 15.5. The van der Waals surface area contributed by atoms with Crippen molar-refractivity contribution >= 4 is 58.8 Å². The number of nitrogens with one attached hydrogen (secondary N) is 1. The van der Waals surface area contributed by atoms with Crippen molar-refractivity contribution in [3.63, 3.8) is 0 Å². The number of rotatable bonds is 10. The molecule has 4 N–H and O–H groups in total. The summed E-state index contributed by atoms with van der Waals surface area (Å²) in [6, 6.07) is 18.5. The lowest BCUT2D eigenvalue weighted by atomic mass is 9.44. The van der Waals surface area contributed by atoms with Gasteiger partial charge in [0, 0.05) is 37.7 Å². The number of halogens is 2. The lowest BCUT2D eigenvalue weighted by molar-refractivity contribution is -0.346. The first-order valence-electron chi connectivity index (χ1n) is 20.7. The first-order valence-corrected chi connectivity index (χ1v) is 21.4. The van der Waals surface area contributed by atoms with Gasteiger partial charge >= 0.3 is 23.9 Å². The molecule has 0 spiro atoms. The van der Waals surface area contributed by atoms with E-state index in [9.17, 15) is 39.3 Å². The molecule has 7 rings (SSSR count). The Hall–Kier alpha value is -5.16. The number of ether oxygens (including phenoxy) is 5. The molecule has 1 unspecified atom stereocenters. The molecule has 0 aromatic heterocycles. The van der Waals surface area contributed by atoms with Crippen molar-refractivity contribution in [1.29, 1.82) is 0 Å². The fourth-order valence-corrected chi connectivity index (χ4v) is 10.5. The van der Waals surface area contributed by atoms with Crippen molar-refractivity contribution in [3.8, 4) is 0 Å². The second kappa shape index (κ2) is 17.3. The van der Waals surface area contributed by atoms with Gasteiger partial charge in [-0.1, -0.05) is 79.5 Å². The normalized spacial score (nSPS) is 31.3. The molecule has 3 aromatic rings. The average molecular weight is 923 g/mol. The summed E-state index contributed by atoms with van der Waals surface area (Å²) in [6.07, 6.45) is -10.8. The molecule has 2 bridgehead atoms. The number of hydrogen-bond acceptors (Lipinski definition) is 14. The van der Waals surface area contributed by atoms with E-state index in [2.05, 4.69) is 5.32 Å². The SMILES string of the molecule is CC(=O)O[C@H]1C(=O)[C@]2(C)[C@@H](O)CC3OC[C@@]3(OC(C)=O)[C@H]2[C@H](OC(=O)c2ccccc2)[C@]2(O)C[C@H](OC(=O)[C@H](O)[C@H](NC(=O)c3ccccc3)c3ccc(Cl)c(Cl)c3)C(C)=C1C2(C)C. The van der Waals surface area contributed by atoms with E-state index in [0.717, 1.165) is 13.8 Å². The van der Waals surface area contributed by atoms with Gasteiger partial charge in [0.25, 0.3) is 5.91 Å². The highest BCUT2D eigenvalue weighted by atomic mass is 35.5. The van der Waals surface area contributed by atoms with Crippen LogP contribution in [0.4, 0.5) is 0 Å². The van der Waals surface area contributed by atoms with Crippen LogP contribution in [0, 0.1) is 16.7 Å². The number of benzene rings is 3. The van der Waals surface area contributed by atoms with E-state index in [4.69, 9.17) is 46.9 Å². The average Bonchev–Trinajstić information content (AvgIpc) is 3.24. The van der Waals surface area contributed by atoms with Crippen LogP contribution in [-0.2, 0) is 42.9 Å². The lowest BCUT2D eigenvalue weighted by Crippen LogP contribution is -2.82. The van der Waals surface area contributed by atoms with Crippen molar-refractivity contribution in [2.75, 3.05) is 6.61 Å². The Labute approximate surface area is 378 Å². The van der Waals surface area contributed by atoms with E-state index in [0.29, 0.717) is 0 Å². The number of ketones is 1. The molecular weight excluding hydrogens is 873 g/mol. The van der Waals surface area contributed by atoms with Gasteiger partial charge in [0.1, 0.15) is 23.9 Å². The van der Waals surface area contributed by atoms with Gasteiger partial charge in [-0.25, -0.2) is 9.59 Å². The topological polar surface area (TPSA) is 221 Å². The number of Topliss-reactive ketones (excluding diaryl/α,β-unsaturated/α-hetero) is 1. The van der Waals surface area contributed by atoms with Crippen LogP contribution in [0.15, 0.2) is 90.0 Å². The number of aliphatic hydroxyl groups is 3. The molecule has 1 amide bonds. The second-order valence-corrected chi connectivity index (χ2v) is 18.4. The van der Waals surface area contributed by atoms with E-state index < -0.39 is 113 Å². The minimum atomic E-state index is -2.43. The Kier molecular flexibility index (Phi) is 12.7. The monoisotopic (exact) mass is 921 g/mol. The summed E-state index contributed by atoms with van der Waals surface area (Å²) in [5.41, 5.74) is -7.47. The van der Waals surface area contributed by atoms with Crippen molar-refractivity contribution in [1.82, 2.24) is 5.32 Å². The van der Waals surface area contributed by atoms with E-state index in [1.165, 1.54) is 56.3 Å². The molecule has 340 valence electrons. The van der Waals surface area contributed by atoms with E-state index in [1.54, 1.807) is 50.2 Å². The number of esters is 4. The van der Waals surface area contributed by atoms with E-state index in [1.807, 2.05) is 0 Å². The largest absolute Gasteiger partial charge is 0.456 e. The van der Waals surface area contributed by atoms with Crippen molar-refractivity contribution in [2.45, 2.75) is 108 Å². The summed E-state index contributed by atoms with van der Waals surface area (Å²) in [5.74, 6) is -7.09. The lowest BCUT2D eigenvalue weighted by Gasteiger charge is -2.67. The number of carbonyl (C=O) groups is 6. The van der Waals surface area contributed by atoms with Gasteiger partial charge < -0.3 is 44.3 Å². The van der Waals surface area contributed by atoms with Crippen molar-refractivity contribution in [3.05, 3.63) is 117 Å². The van der Waals surface area contributed by atoms with Gasteiger partial charge in [0.2, 0.25) is 0 Å². The Morgan fingerprint density at radius 3 is 2.05 bits per heavy atom. The second-order valence-electron chi connectivity index (χ2n) is 17.6. The molecule has 3 fully saturated rings. The molecule has 11 atom stereocenters. The third-order valence-electron chi connectivity index (χ3n) is 13.6. The Morgan fingerprint density at radius 1 is 0.859 bits per heavy atom. The molecule has 0 radical (unpaired) electrons. The standard InChI is InChI=1S/C47H49Cl2NO14/c1-23-31(62-43(58)36(54)35(28-17-18-29(48)30(49)19-28)50-41(56)26-13-9-7-10-14-26)21-47(59)40(63-42(57)27-15-11-8-12-16-27)38-45(6,32(53)20-33-46(38,22-60-33)64-25(3)52)39(55)37(61-24(2)51)34(23)44(47,4)5/h7-19,31-33,35-38,40,53-54,59H,20-22H2,1-6H3,(H,50,56)/t31-,32-,33?,35+,36+,37+,38-,40-,45+,46-,47+/m0/s1.